The van der Waals surface area contributed by atoms with Crippen molar-refractivity contribution in [3.05, 3.63) is 76.2 Å². The molecule has 0 saturated carbocycles. The van der Waals surface area contributed by atoms with E-state index in [0.29, 0.717) is 11.5 Å². The maximum Gasteiger partial charge on any atom is 0.275 e. The third kappa shape index (κ3) is 4.42. The van der Waals surface area contributed by atoms with Gasteiger partial charge in [0.2, 0.25) is 0 Å². The summed E-state index contributed by atoms with van der Waals surface area (Å²) in [4.78, 5) is 20.7. The Morgan fingerprint density at radius 1 is 0.960 bits per heavy atom. The second-order valence-corrected chi connectivity index (χ2v) is 6.57. The van der Waals surface area contributed by atoms with Crippen LogP contribution in [0.25, 0.3) is 0 Å². The third-order valence-electron chi connectivity index (χ3n) is 3.58. The average Bonchev–Trinajstić information content (AvgIpc) is 2.60. The molecule has 0 spiro atoms. The quantitative estimate of drug-likeness (QED) is 0.661. The van der Waals surface area contributed by atoms with Crippen molar-refractivity contribution in [1.29, 1.82) is 0 Å². The molecule has 0 unspecified atom stereocenters. The van der Waals surface area contributed by atoms with Crippen molar-refractivity contribution in [3.63, 3.8) is 0 Å². The Morgan fingerprint density at radius 3 is 2.32 bits per heavy atom. The number of halogens is 1. The molecule has 2 N–H and O–H groups in total. The topological polar surface area (TPSA) is 66.9 Å². The molecule has 2 aromatic carbocycles. The van der Waals surface area contributed by atoms with Gasteiger partial charge in [-0.15, -0.1) is 0 Å². The van der Waals surface area contributed by atoms with Gasteiger partial charge in [-0.05, 0) is 59.6 Å². The molecular formula is C19H17BrN4O. The summed E-state index contributed by atoms with van der Waals surface area (Å²) < 4.78 is 0.825. The van der Waals surface area contributed by atoms with E-state index in [1.54, 1.807) is 6.20 Å². The molecule has 1 aromatic heterocycles. The smallest absolute Gasteiger partial charge is 0.275 e. The van der Waals surface area contributed by atoms with Crippen molar-refractivity contribution >= 4 is 39.0 Å². The maximum atomic E-state index is 12.3. The summed E-state index contributed by atoms with van der Waals surface area (Å²) in [6.45, 7) is 4.02. The number of hydrogen-bond donors (Lipinski definition) is 2. The number of aryl methyl sites for hydroxylation is 2. The predicted molar refractivity (Wildman–Crippen MR) is 103 cm³/mol. The molecule has 0 aliphatic carbocycles. The fourth-order valence-electron chi connectivity index (χ4n) is 2.20. The van der Waals surface area contributed by atoms with E-state index in [-0.39, 0.29) is 11.6 Å². The molecule has 0 radical (unpaired) electrons. The lowest BCUT2D eigenvalue weighted by atomic mass is 10.2. The molecule has 5 nitrogen and oxygen atoms in total. The number of benzene rings is 2. The van der Waals surface area contributed by atoms with Crippen LogP contribution in [0, 0.1) is 13.8 Å². The van der Waals surface area contributed by atoms with E-state index in [2.05, 4.69) is 36.5 Å². The highest BCUT2D eigenvalue weighted by Gasteiger charge is 2.10. The van der Waals surface area contributed by atoms with Gasteiger partial charge in [0.1, 0.15) is 11.5 Å². The molecule has 25 heavy (non-hydrogen) atoms. The number of amides is 1. The molecule has 3 rings (SSSR count). The second-order valence-electron chi connectivity index (χ2n) is 5.72. The number of nitrogens with zero attached hydrogens (tertiary/aromatic N) is 2. The summed E-state index contributed by atoms with van der Waals surface area (Å²) in [5.74, 6) is 0.274. The molecule has 0 aliphatic heterocycles. The Labute approximate surface area is 154 Å². The molecule has 0 bridgehead atoms. The first-order valence-electron chi connectivity index (χ1n) is 7.74. The van der Waals surface area contributed by atoms with Crippen LogP contribution in [0.2, 0.25) is 0 Å². The lowest BCUT2D eigenvalue weighted by Crippen LogP contribution is -2.14. The molecule has 1 heterocycles. The van der Waals surface area contributed by atoms with E-state index in [4.69, 9.17) is 0 Å². The fraction of sp³-hybridized carbons (Fsp3) is 0.105. The van der Waals surface area contributed by atoms with Crippen LogP contribution in [0.15, 0.2) is 59.3 Å². The number of carbonyl (C=O) groups excluding carboxylic acids is 1. The predicted octanol–water partition coefficient (Wildman–Crippen LogP) is 4.85. The van der Waals surface area contributed by atoms with Crippen LogP contribution in [-0.2, 0) is 0 Å². The van der Waals surface area contributed by atoms with Crippen molar-refractivity contribution < 1.29 is 4.79 Å². The highest BCUT2D eigenvalue weighted by molar-refractivity contribution is 9.10. The van der Waals surface area contributed by atoms with Gasteiger partial charge in [-0.2, -0.15) is 0 Å². The van der Waals surface area contributed by atoms with Gasteiger partial charge in [-0.25, -0.2) is 9.97 Å². The van der Waals surface area contributed by atoms with Crippen molar-refractivity contribution in [2.24, 2.45) is 0 Å². The van der Waals surface area contributed by atoms with Crippen molar-refractivity contribution in [2.75, 3.05) is 10.6 Å². The highest BCUT2D eigenvalue weighted by Crippen LogP contribution is 2.23. The molecule has 0 saturated heterocycles. The molecule has 0 atom stereocenters. The monoisotopic (exact) mass is 396 g/mol. The van der Waals surface area contributed by atoms with E-state index in [0.717, 1.165) is 15.7 Å². The van der Waals surface area contributed by atoms with Gasteiger partial charge in [0.25, 0.3) is 5.91 Å². The first-order valence-corrected chi connectivity index (χ1v) is 8.54. The number of hydrogen-bond acceptors (Lipinski definition) is 4. The van der Waals surface area contributed by atoms with Crippen LogP contribution < -0.4 is 10.6 Å². The molecule has 1 amide bonds. The van der Waals surface area contributed by atoms with E-state index in [1.807, 2.05) is 56.3 Å². The van der Waals surface area contributed by atoms with Gasteiger partial charge in [0.15, 0.2) is 0 Å². The zero-order chi connectivity index (χ0) is 17.8. The van der Waals surface area contributed by atoms with Crippen molar-refractivity contribution in [1.82, 2.24) is 9.97 Å². The van der Waals surface area contributed by atoms with Gasteiger partial charge >= 0.3 is 0 Å². The summed E-state index contributed by atoms with van der Waals surface area (Å²) in [6.07, 6.45) is 2.99. The van der Waals surface area contributed by atoms with Gasteiger partial charge in [-0.3, -0.25) is 4.79 Å². The summed E-state index contributed by atoms with van der Waals surface area (Å²) >= 11 is 3.44. The van der Waals surface area contributed by atoms with E-state index < -0.39 is 0 Å². The largest absolute Gasteiger partial charge is 0.339 e. The number of carbonyl (C=O) groups is 1. The number of anilines is 3. The Balaban J connectivity index is 1.68. The minimum Gasteiger partial charge on any atom is -0.339 e. The van der Waals surface area contributed by atoms with Crippen LogP contribution in [0.5, 0.6) is 0 Å². The standard InChI is InChI=1S/C19H17BrN4O/c1-12-3-6-14(7-4-12)23-18-11-21-17(10-22-18)19(25)24-16-8-5-13(2)9-15(16)20/h3-11H,1-2H3,(H,22,23)(H,24,25). The Hall–Kier alpha value is -2.73. The molecule has 126 valence electrons. The number of rotatable bonds is 4. The molecular weight excluding hydrogens is 380 g/mol. The highest BCUT2D eigenvalue weighted by atomic mass is 79.9. The minimum absolute atomic E-state index is 0.252. The summed E-state index contributed by atoms with van der Waals surface area (Å²) in [5, 5.41) is 5.97. The van der Waals surface area contributed by atoms with Crippen LogP contribution >= 0.6 is 15.9 Å². The zero-order valence-electron chi connectivity index (χ0n) is 13.9. The molecule has 6 heteroatoms. The number of nitrogens with one attached hydrogen (secondary N) is 2. The summed E-state index contributed by atoms with van der Waals surface area (Å²) in [6, 6.07) is 13.7. The Bertz CT molecular complexity index is 892. The van der Waals surface area contributed by atoms with E-state index in [1.165, 1.54) is 11.8 Å². The Kier molecular flexibility index (Phi) is 5.09. The van der Waals surface area contributed by atoms with Crippen LogP contribution in [-0.4, -0.2) is 15.9 Å². The fourth-order valence-corrected chi connectivity index (χ4v) is 2.79. The van der Waals surface area contributed by atoms with E-state index in [9.17, 15) is 4.79 Å². The molecule has 3 aromatic rings. The summed E-state index contributed by atoms with van der Waals surface area (Å²) in [7, 11) is 0. The SMILES string of the molecule is Cc1ccc(Nc2cnc(C(=O)Nc3ccc(C)cc3Br)cn2)cc1. The van der Waals surface area contributed by atoms with Gasteiger partial charge < -0.3 is 10.6 Å². The number of aromatic nitrogens is 2. The van der Waals surface area contributed by atoms with Gasteiger partial charge in [0.05, 0.1) is 18.1 Å². The van der Waals surface area contributed by atoms with Crippen LogP contribution in [0.3, 0.4) is 0 Å². The maximum absolute atomic E-state index is 12.3. The van der Waals surface area contributed by atoms with Crippen molar-refractivity contribution in [3.8, 4) is 0 Å². The average molecular weight is 397 g/mol. The second kappa shape index (κ2) is 7.44. The molecule has 0 fully saturated rings. The van der Waals surface area contributed by atoms with Crippen LogP contribution in [0.1, 0.15) is 21.6 Å². The van der Waals surface area contributed by atoms with Gasteiger partial charge in [-0.1, -0.05) is 23.8 Å². The van der Waals surface area contributed by atoms with Crippen molar-refractivity contribution in [2.45, 2.75) is 13.8 Å². The normalized spacial score (nSPS) is 10.4. The first kappa shape index (κ1) is 17.1. The zero-order valence-corrected chi connectivity index (χ0v) is 15.5. The lowest BCUT2D eigenvalue weighted by Gasteiger charge is -2.09. The van der Waals surface area contributed by atoms with Gasteiger partial charge in [0, 0.05) is 10.2 Å². The summed E-state index contributed by atoms with van der Waals surface area (Å²) in [5.41, 5.74) is 4.16. The first-order chi connectivity index (χ1) is 12.0. The third-order valence-corrected chi connectivity index (χ3v) is 4.24. The van der Waals surface area contributed by atoms with Crippen LogP contribution in [0.4, 0.5) is 17.2 Å². The molecule has 0 aliphatic rings. The Morgan fingerprint density at radius 2 is 1.68 bits per heavy atom. The lowest BCUT2D eigenvalue weighted by molar-refractivity contribution is 0.102. The van der Waals surface area contributed by atoms with E-state index >= 15 is 0 Å². The minimum atomic E-state index is -0.307.